The Hall–Kier alpha value is -2.56. The molecule has 0 atom stereocenters. The Bertz CT molecular complexity index is 614. The molecule has 19 heavy (non-hydrogen) atoms. The number of hydrogen-bond donors (Lipinski definition) is 1. The fraction of sp³-hybridized carbons (Fsp3) is 0.143. The highest BCUT2D eigenvalue weighted by molar-refractivity contribution is 5.63. The van der Waals surface area contributed by atoms with Crippen LogP contribution in [0.3, 0.4) is 0 Å². The molecule has 1 heterocycles. The number of aromatic nitrogens is 2. The predicted octanol–water partition coefficient (Wildman–Crippen LogP) is 2.01. The second-order valence-electron chi connectivity index (χ2n) is 3.77. The first-order valence-electron chi connectivity index (χ1n) is 5.72. The fourth-order valence-corrected chi connectivity index (χ4v) is 1.60. The third kappa shape index (κ3) is 3.01. The molecule has 0 fully saturated rings. The Morgan fingerprint density at radius 2 is 2.16 bits per heavy atom. The van der Waals surface area contributed by atoms with Crippen LogP contribution in [0.25, 0.3) is 11.3 Å². The molecule has 0 unspecified atom stereocenters. The molecular weight excluding hydrogens is 244 g/mol. The van der Waals surface area contributed by atoms with E-state index in [2.05, 4.69) is 16.8 Å². The van der Waals surface area contributed by atoms with E-state index < -0.39 is 0 Å². The van der Waals surface area contributed by atoms with E-state index in [1.807, 2.05) is 6.07 Å². The van der Waals surface area contributed by atoms with Crippen LogP contribution in [0.5, 0.6) is 11.5 Å². The van der Waals surface area contributed by atoms with Crippen LogP contribution in [0.1, 0.15) is 0 Å². The van der Waals surface area contributed by atoms with Gasteiger partial charge in [0.15, 0.2) is 11.5 Å². The van der Waals surface area contributed by atoms with Crippen molar-refractivity contribution in [1.29, 1.82) is 0 Å². The molecular formula is C14H14N2O3. The molecule has 0 amide bonds. The van der Waals surface area contributed by atoms with Gasteiger partial charge in [-0.25, -0.2) is 5.10 Å². The van der Waals surface area contributed by atoms with Gasteiger partial charge in [0.2, 0.25) is 0 Å². The molecule has 0 saturated carbocycles. The van der Waals surface area contributed by atoms with Crippen LogP contribution in [0.2, 0.25) is 0 Å². The monoisotopic (exact) mass is 258 g/mol. The third-order valence-corrected chi connectivity index (χ3v) is 2.50. The number of nitrogens with one attached hydrogen (secondary N) is 1. The molecule has 0 aliphatic carbocycles. The molecule has 98 valence electrons. The van der Waals surface area contributed by atoms with Crippen molar-refractivity contribution in [2.75, 3.05) is 13.7 Å². The number of H-pyrrole nitrogens is 1. The van der Waals surface area contributed by atoms with Crippen molar-refractivity contribution in [1.82, 2.24) is 10.2 Å². The van der Waals surface area contributed by atoms with E-state index in [0.29, 0.717) is 23.8 Å². The minimum Gasteiger partial charge on any atom is -0.493 e. The van der Waals surface area contributed by atoms with Crippen molar-refractivity contribution in [2.45, 2.75) is 0 Å². The summed E-state index contributed by atoms with van der Waals surface area (Å²) in [5.74, 6) is 1.24. The van der Waals surface area contributed by atoms with Gasteiger partial charge in [0.1, 0.15) is 6.61 Å². The lowest BCUT2D eigenvalue weighted by atomic mass is 10.1. The van der Waals surface area contributed by atoms with Gasteiger partial charge in [-0.1, -0.05) is 12.7 Å². The second-order valence-corrected chi connectivity index (χ2v) is 3.77. The Morgan fingerprint density at radius 1 is 1.32 bits per heavy atom. The second kappa shape index (κ2) is 5.86. The van der Waals surface area contributed by atoms with Gasteiger partial charge in [0.25, 0.3) is 5.56 Å². The zero-order chi connectivity index (χ0) is 13.7. The normalized spacial score (nSPS) is 9.95. The first kappa shape index (κ1) is 12.9. The maximum atomic E-state index is 11.0. The molecule has 1 aromatic heterocycles. The number of nitrogens with zero attached hydrogens (tertiary/aromatic N) is 1. The molecule has 5 nitrogen and oxygen atoms in total. The van der Waals surface area contributed by atoms with Crippen molar-refractivity contribution in [3.63, 3.8) is 0 Å². The number of aromatic amines is 1. The van der Waals surface area contributed by atoms with Gasteiger partial charge in [0.05, 0.1) is 12.8 Å². The lowest BCUT2D eigenvalue weighted by molar-refractivity contribution is 0.326. The predicted molar refractivity (Wildman–Crippen MR) is 72.5 cm³/mol. The number of hydrogen-bond acceptors (Lipinski definition) is 4. The summed E-state index contributed by atoms with van der Waals surface area (Å²) in [4.78, 5) is 11.0. The maximum absolute atomic E-state index is 11.0. The molecule has 2 aromatic rings. The quantitative estimate of drug-likeness (QED) is 0.833. The third-order valence-electron chi connectivity index (χ3n) is 2.50. The summed E-state index contributed by atoms with van der Waals surface area (Å²) >= 11 is 0. The van der Waals surface area contributed by atoms with Crippen molar-refractivity contribution in [3.05, 3.63) is 53.3 Å². The lowest BCUT2D eigenvalue weighted by Crippen LogP contribution is -2.05. The minimum absolute atomic E-state index is 0.235. The van der Waals surface area contributed by atoms with Gasteiger partial charge < -0.3 is 9.47 Å². The van der Waals surface area contributed by atoms with Gasteiger partial charge in [-0.2, -0.15) is 5.10 Å². The number of ether oxygens (including phenoxy) is 2. The lowest BCUT2D eigenvalue weighted by Gasteiger charge is -2.10. The molecule has 0 spiro atoms. The van der Waals surface area contributed by atoms with Gasteiger partial charge in [-0.15, -0.1) is 0 Å². The van der Waals surface area contributed by atoms with Crippen LogP contribution in [-0.4, -0.2) is 23.9 Å². The van der Waals surface area contributed by atoms with Gasteiger partial charge in [0, 0.05) is 11.6 Å². The summed E-state index contributed by atoms with van der Waals surface area (Å²) in [6.07, 6.45) is 1.66. The average molecular weight is 258 g/mol. The first-order valence-corrected chi connectivity index (χ1v) is 5.72. The van der Waals surface area contributed by atoms with Crippen LogP contribution in [0, 0.1) is 0 Å². The van der Waals surface area contributed by atoms with E-state index in [0.717, 1.165) is 5.56 Å². The maximum Gasteiger partial charge on any atom is 0.264 e. The van der Waals surface area contributed by atoms with Gasteiger partial charge >= 0.3 is 0 Å². The molecule has 0 radical (unpaired) electrons. The smallest absolute Gasteiger partial charge is 0.264 e. The van der Waals surface area contributed by atoms with E-state index in [4.69, 9.17) is 9.47 Å². The van der Waals surface area contributed by atoms with E-state index >= 15 is 0 Å². The van der Waals surface area contributed by atoms with E-state index in [9.17, 15) is 4.79 Å². The largest absolute Gasteiger partial charge is 0.493 e. The Kier molecular flexibility index (Phi) is 3.97. The highest BCUT2D eigenvalue weighted by Gasteiger charge is 2.07. The number of methoxy groups -OCH3 is 1. The SMILES string of the molecule is C=CCOc1ccc(-c2ccc(=O)[nH]n2)cc1OC. The van der Waals surface area contributed by atoms with E-state index in [1.54, 1.807) is 31.4 Å². The Balaban J connectivity index is 2.35. The van der Waals surface area contributed by atoms with Gasteiger partial charge in [-0.3, -0.25) is 4.79 Å². The average Bonchev–Trinajstić information content (AvgIpc) is 2.46. The topological polar surface area (TPSA) is 64.2 Å². The highest BCUT2D eigenvalue weighted by Crippen LogP contribution is 2.31. The summed E-state index contributed by atoms with van der Waals surface area (Å²) in [5, 5.41) is 6.36. The van der Waals surface area contributed by atoms with E-state index in [1.165, 1.54) is 6.07 Å². The Labute approximate surface area is 110 Å². The van der Waals surface area contributed by atoms with Crippen LogP contribution in [-0.2, 0) is 0 Å². The number of benzene rings is 1. The van der Waals surface area contributed by atoms with Crippen molar-refractivity contribution < 1.29 is 9.47 Å². The zero-order valence-corrected chi connectivity index (χ0v) is 10.6. The molecule has 0 aliphatic heterocycles. The summed E-state index contributed by atoms with van der Waals surface area (Å²) in [6.45, 7) is 4.00. The minimum atomic E-state index is -0.235. The van der Waals surface area contributed by atoms with Crippen molar-refractivity contribution in [3.8, 4) is 22.8 Å². The molecule has 2 rings (SSSR count). The summed E-state index contributed by atoms with van der Waals surface area (Å²) in [7, 11) is 1.57. The van der Waals surface area contributed by atoms with Crippen LogP contribution in [0.15, 0.2) is 47.8 Å². The van der Waals surface area contributed by atoms with Crippen molar-refractivity contribution >= 4 is 0 Å². The molecule has 1 aromatic carbocycles. The van der Waals surface area contributed by atoms with Crippen LogP contribution < -0.4 is 15.0 Å². The summed E-state index contributed by atoms with van der Waals surface area (Å²) < 4.78 is 10.7. The zero-order valence-electron chi connectivity index (χ0n) is 10.6. The van der Waals surface area contributed by atoms with Gasteiger partial charge in [-0.05, 0) is 24.3 Å². The Morgan fingerprint density at radius 3 is 2.79 bits per heavy atom. The molecule has 0 saturated heterocycles. The summed E-state index contributed by atoms with van der Waals surface area (Å²) in [6, 6.07) is 8.53. The highest BCUT2D eigenvalue weighted by atomic mass is 16.5. The molecule has 0 aliphatic rings. The fourth-order valence-electron chi connectivity index (χ4n) is 1.60. The molecule has 5 heteroatoms. The van der Waals surface area contributed by atoms with E-state index in [-0.39, 0.29) is 5.56 Å². The van der Waals surface area contributed by atoms with Crippen molar-refractivity contribution in [2.24, 2.45) is 0 Å². The first-order chi connectivity index (χ1) is 9.24. The number of rotatable bonds is 5. The standard InChI is InChI=1S/C14H14N2O3/c1-3-8-19-12-6-4-10(9-13(12)18-2)11-5-7-14(17)16-15-11/h3-7,9H,1,8H2,2H3,(H,16,17). The van der Waals surface area contributed by atoms with Crippen LogP contribution in [0.4, 0.5) is 0 Å². The summed E-state index contributed by atoms with van der Waals surface area (Å²) in [5.41, 5.74) is 1.26. The van der Waals surface area contributed by atoms with Crippen LogP contribution >= 0.6 is 0 Å². The molecule has 0 bridgehead atoms. The molecule has 1 N–H and O–H groups in total.